The van der Waals surface area contributed by atoms with Crippen molar-refractivity contribution in [3.05, 3.63) is 88.7 Å². The van der Waals surface area contributed by atoms with E-state index in [1.54, 1.807) is 7.11 Å². The Morgan fingerprint density at radius 1 is 1.18 bits per heavy atom. The van der Waals surface area contributed by atoms with Crippen molar-refractivity contribution in [3.8, 4) is 18.6 Å². The third-order valence-electron chi connectivity index (χ3n) is 7.10. The number of nitrogens with zero attached hydrogens (tertiary/aromatic N) is 2. The molecule has 0 amide bonds. The van der Waals surface area contributed by atoms with E-state index in [1.807, 2.05) is 45.2 Å². The third-order valence-corrected chi connectivity index (χ3v) is 7.10. The predicted octanol–water partition coefficient (Wildman–Crippen LogP) is 7.82. The first kappa shape index (κ1) is 34.7. The number of aliphatic imine (C=N–C) groups is 1. The highest BCUT2D eigenvalue weighted by molar-refractivity contribution is 6.04. The number of morpholine rings is 1. The van der Waals surface area contributed by atoms with Gasteiger partial charge in [-0.05, 0) is 81.4 Å². The molecular formula is C35H51N3O2. The van der Waals surface area contributed by atoms with Crippen LogP contribution in [0.5, 0.6) is 5.75 Å². The zero-order valence-electron chi connectivity index (χ0n) is 25.9. The lowest BCUT2D eigenvalue weighted by molar-refractivity contribution is -0.00268. The van der Waals surface area contributed by atoms with Gasteiger partial charge >= 0.3 is 0 Å². The van der Waals surface area contributed by atoms with Gasteiger partial charge in [0.25, 0.3) is 0 Å². The molecule has 0 spiro atoms. The van der Waals surface area contributed by atoms with Gasteiger partial charge in [0.2, 0.25) is 0 Å². The van der Waals surface area contributed by atoms with Crippen LogP contribution in [0.2, 0.25) is 0 Å². The Balaban J connectivity index is 0.00000122. The number of methoxy groups -OCH3 is 1. The van der Waals surface area contributed by atoms with E-state index in [0.717, 1.165) is 68.2 Å². The molecule has 218 valence electrons. The van der Waals surface area contributed by atoms with Gasteiger partial charge in [0.15, 0.2) is 0 Å². The summed E-state index contributed by atoms with van der Waals surface area (Å²) in [5.41, 5.74) is 7.46. The highest BCUT2D eigenvalue weighted by Crippen LogP contribution is 2.31. The summed E-state index contributed by atoms with van der Waals surface area (Å²) in [5.74, 6) is 1.82. The minimum absolute atomic E-state index is 0.212. The second-order valence-corrected chi connectivity index (χ2v) is 9.57. The molecule has 1 aromatic rings. The lowest BCUT2D eigenvalue weighted by atomic mass is 9.87. The van der Waals surface area contributed by atoms with Crippen molar-refractivity contribution >= 4 is 5.84 Å². The first-order chi connectivity index (χ1) is 19.4. The standard InChI is InChI=1S/C29H41N3O2.C4H8.C2H2/c1-7-22-10-9-11-23(8-2)28(22)29(30-5)31-26(21(3)4)16-17-32-18-19-34-20-27(32)24-12-14-25(33-6)15-13-24;1-3-4-2;1-2/h10,12-16,27H,3,7-9,11,17-20H2,1-2,4-6H3,(H,30,31);3-4H,1-2H3;1-2H/b26-16+;4-3-;. The van der Waals surface area contributed by atoms with Crippen molar-refractivity contribution in [2.45, 2.75) is 66.3 Å². The van der Waals surface area contributed by atoms with Gasteiger partial charge < -0.3 is 14.8 Å². The van der Waals surface area contributed by atoms with Gasteiger partial charge in [-0.3, -0.25) is 9.89 Å². The van der Waals surface area contributed by atoms with E-state index in [9.17, 15) is 0 Å². The van der Waals surface area contributed by atoms with E-state index >= 15 is 0 Å². The minimum atomic E-state index is 0.212. The smallest absolute Gasteiger partial charge is 0.132 e. The number of nitrogens with one attached hydrogen (secondary N) is 1. The fraction of sp³-hybridized carbons (Fsp3) is 0.457. The Labute approximate surface area is 244 Å². The second kappa shape index (κ2) is 19.7. The highest BCUT2D eigenvalue weighted by Gasteiger charge is 2.24. The molecule has 0 aromatic heterocycles. The quantitative estimate of drug-likeness (QED) is 0.113. The maximum absolute atomic E-state index is 5.83. The fourth-order valence-corrected chi connectivity index (χ4v) is 4.76. The van der Waals surface area contributed by atoms with E-state index in [4.69, 9.17) is 9.47 Å². The summed E-state index contributed by atoms with van der Waals surface area (Å²) in [6.45, 7) is 17.9. The van der Waals surface area contributed by atoms with Crippen LogP contribution >= 0.6 is 0 Å². The molecule has 1 unspecified atom stereocenters. The number of terminal acetylenes is 1. The van der Waals surface area contributed by atoms with Crippen LogP contribution in [0.25, 0.3) is 0 Å². The van der Waals surface area contributed by atoms with Crippen LogP contribution in [0.1, 0.15) is 71.9 Å². The van der Waals surface area contributed by atoms with Crippen molar-refractivity contribution in [1.29, 1.82) is 0 Å². The molecule has 1 fully saturated rings. The maximum atomic E-state index is 5.83. The number of allylic oxidation sites excluding steroid dienone is 5. The van der Waals surface area contributed by atoms with E-state index in [-0.39, 0.29) is 6.04 Å². The first-order valence-corrected chi connectivity index (χ1v) is 14.3. The van der Waals surface area contributed by atoms with E-state index in [2.05, 4.69) is 79.7 Å². The Hall–Kier alpha value is -3.33. The SMILES string of the molecule is C#C.C/C=C\C.C=C(C)/C(=C\CN1CCOCC1c1ccc(OC)cc1)NC(=NC)C1=C(CC)CCC=C1CC. The normalized spacial score (nSPS) is 18.2. The zero-order chi connectivity index (χ0) is 29.9. The average molecular weight is 546 g/mol. The summed E-state index contributed by atoms with van der Waals surface area (Å²) < 4.78 is 11.2. The molecule has 0 bridgehead atoms. The summed E-state index contributed by atoms with van der Waals surface area (Å²) in [6.07, 6.45) is 20.9. The van der Waals surface area contributed by atoms with E-state index < -0.39 is 0 Å². The van der Waals surface area contributed by atoms with E-state index in [1.165, 1.54) is 22.3 Å². The molecule has 1 aromatic carbocycles. The molecule has 2 aliphatic rings. The van der Waals surface area contributed by atoms with Gasteiger partial charge in [-0.25, -0.2) is 0 Å². The molecule has 1 heterocycles. The Bertz CT molecular complexity index is 1080. The maximum Gasteiger partial charge on any atom is 0.132 e. The van der Waals surface area contributed by atoms with Gasteiger partial charge in [-0.15, -0.1) is 12.8 Å². The summed E-state index contributed by atoms with van der Waals surface area (Å²) in [4.78, 5) is 7.15. The molecule has 1 atom stereocenters. The van der Waals surface area contributed by atoms with Crippen molar-refractivity contribution in [1.82, 2.24) is 10.2 Å². The molecule has 1 aliphatic heterocycles. The number of hydrogen-bond donors (Lipinski definition) is 1. The first-order valence-electron chi connectivity index (χ1n) is 14.3. The predicted molar refractivity (Wildman–Crippen MR) is 173 cm³/mol. The van der Waals surface area contributed by atoms with Crippen LogP contribution in [0.3, 0.4) is 0 Å². The lowest BCUT2D eigenvalue weighted by Gasteiger charge is -2.35. The number of ether oxygens (including phenoxy) is 2. The molecule has 1 saturated heterocycles. The highest BCUT2D eigenvalue weighted by atomic mass is 16.5. The van der Waals surface area contributed by atoms with Crippen LogP contribution in [-0.4, -0.2) is 51.2 Å². The second-order valence-electron chi connectivity index (χ2n) is 9.57. The molecule has 1 aliphatic carbocycles. The number of amidine groups is 1. The molecule has 5 heteroatoms. The Morgan fingerprint density at radius 3 is 2.38 bits per heavy atom. The van der Waals surface area contributed by atoms with Gasteiger partial charge in [-0.1, -0.05) is 56.4 Å². The van der Waals surface area contributed by atoms with Gasteiger partial charge in [0.05, 0.1) is 26.4 Å². The monoisotopic (exact) mass is 545 g/mol. The minimum Gasteiger partial charge on any atom is -0.497 e. The van der Waals surface area contributed by atoms with Crippen molar-refractivity contribution < 1.29 is 9.47 Å². The summed E-state index contributed by atoms with van der Waals surface area (Å²) in [7, 11) is 3.57. The lowest BCUT2D eigenvalue weighted by Crippen LogP contribution is -2.40. The van der Waals surface area contributed by atoms with Crippen molar-refractivity contribution in [2.24, 2.45) is 4.99 Å². The molecule has 5 nitrogen and oxygen atoms in total. The van der Waals surface area contributed by atoms with Crippen LogP contribution in [0.15, 0.2) is 88.1 Å². The van der Waals surface area contributed by atoms with Crippen LogP contribution in [0.4, 0.5) is 0 Å². The number of rotatable bonds is 9. The number of hydrogen-bond acceptors (Lipinski definition) is 4. The van der Waals surface area contributed by atoms with Crippen molar-refractivity contribution in [2.75, 3.05) is 40.5 Å². The summed E-state index contributed by atoms with van der Waals surface area (Å²) in [6, 6.07) is 8.52. The fourth-order valence-electron chi connectivity index (χ4n) is 4.76. The molecular weight excluding hydrogens is 494 g/mol. The average Bonchev–Trinajstić information content (AvgIpc) is 3.02. The largest absolute Gasteiger partial charge is 0.497 e. The molecule has 1 N–H and O–H groups in total. The summed E-state index contributed by atoms with van der Waals surface area (Å²) in [5, 5.41) is 3.65. The Morgan fingerprint density at radius 2 is 1.85 bits per heavy atom. The number of benzene rings is 1. The topological polar surface area (TPSA) is 46.1 Å². The van der Waals surface area contributed by atoms with Crippen LogP contribution < -0.4 is 10.1 Å². The molecule has 0 radical (unpaired) electrons. The zero-order valence-corrected chi connectivity index (χ0v) is 25.9. The van der Waals surface area contributed by atoms with Gasteiger partial charge in [-0.2, -0.15) is 0 Å². The van der Waals surface area contributed by atoms with Crippen molar-refractivity contribution in [3.63, 3.8) is 0 Å². The Kier molecular flexibility index (Phi) is 17.1. The summed E-state index contributed by atoms with van der Waals surface area (Å²) >= 11 is 0. The molecule has 40 heavy (non-hydrogen) atoms. The molecule has 3 rings (SSSR count). The van der Waals surface area contributed by atoms with E-state index in [0.29, 0.717) is 6.61 Å². The van der Waals surface area contributed by atoms with Crippen LogP contribution in [-0.2, 0) is 4.74 Å². The van der Waals surface area contributed by atoms with Crippen LogP contribution in [0, 0.1) is 12.8 Å². The third kappa shape index (κ3) is 10.3. The molecule has 0 saturated carbocycles. The van der Waals surface area contributed by atoms with Gasteiger partial charge in [0, 0.05) is 31.4 Å². The van der Waals surface area contributed by atoms with Gasteiger partial charge in [0.1, 0.15) is 11.6 Å².